The van der Waals surface area contributed by atoms with Crippen LogP contribution in [0.2, 0.25) is 0 Å². The molecule has 0 saturated carbocycles. The third kappa shape index (κ3) is 9.30. The zero-order valence-electron chi connectivity index (χ0n) is 18.8. The van der Waals surface area contributed by atoms with Gasteiger partial charge in [-0.2, -0.15) is 0 Å². The Bertz CT molecular complexity index is 1090. The molecule has 1 heterocycles. The van der Waals surface area contributed by atoms with Crippen molar-refractivity contribution in [3.05, 3.63) is 66.0 Å². The Hall–Kier alpha value is -3.20. The zero-order chi connectivity index (χ0) is 23.8. The Labute approximate surface area is 189 Å². The largest absolute Gasteiger partial charge is 0.481 e. The van der Waals surface area contributed by atoms with E-state index in [0.717, 1.165) is 23.0 Å². The van der Waals surface area contributed by atoms with Gasteiger partial charge in [-0.15, -0.1) is 0 Å². The summed E-state index contributed by atoms with van der Waals surface area (Å²) in [6, 6.07) is 11.3. The van der Waals surface area contributed by atoms with Gasteiger partial charge in [0.05, 0.1) is 11.8 Å². The minimum Gasteiger partial charge on any atom is -0.481 e. The van der Waals surface area contributed by atoms with Crippen molar-refractivity contribution < 1.29 is 18.3 Å². The molecule has 0 atom stereocenters. The Morgan fingerprint density at radius 2 is 1.91 bits per heavy atom. The molecule has 0 aliphatic carbocycles. The lowest BCUT2D eigenvalue weighted by Crippen LogP contribution is -2.37. The maximum Gasteiger partial charge on any atom is 0.303 e. The molecule has 1 aromatic carbocycles. The molecule has 2 rings (SSSR count). The molecule has 0 unspecified atom stereocenters. The molecule has 1 aromatic heterocycles. The van der Waals surface area contributed by atoms with E-state index in [9.17, 15) is 13.2 Å². The van der Waals surface area contributed by atoms with E-state index < -0.39 is 21.5 Å². The summed E-state index contributed by atoms with van der Waals surface area (Å²) in [5.74, 6) is -0.693. The summed E-state index contributed by atoms with van der Waals surface area (Å²) in [5.41, 5.74) is 2.85. The van der Waals surface area contributed by atoms with E-state index in [0.29, 0.717) is 18.5 Å². The van der Waals surface area contributed by atoms with Gasteiger partial charge in [0.25, 0.3) is 0 Å². The predicted molar refractivity (Wildman–Crippen MR) is 128 cm³/mol. The molecule has 2 aromatic rings. The Morgan fingerprint density at radius 1 is 1.19 bits per heavy atom. The average Bonchev–Trinajstić information content (AvgIpc) is 2.66. The van der Waals surface area contributed by atoms with Crippen molar-refractivity contribution in [1.82, 2.24) is 9.71 Å². The Morgan fingerprint density at radius 3 is 2.50 bits per heavy atom. The first-order valence-corrected chi connectivity index (χ1v) is 12.1. The van der Waals surface area contributed by atoms with Crippen LogP contribution in [-0.2, 0) is 14.8 Å². The highest BCUT2D eigenvalue weighted by Crippen LogP contribution is 2.26. The summed E-state index contributed by atoms with van der Waals surface area (Å²) in [4.78, 5) is 19.5. The minimum atomic E-state index is -3.52. The van der Waals surface area contributed by atoms with Gasteiger partial charge in [0.15, 0.2) is 0 Å². The van der Waals surface area contributed by atoms with Crippen LogP contribution in [0.5, 0.6) is 0 Å². The van der Waals surface area contributed by atoms with Crippen molar-refractivity contribution in [3.63, 3.8) is 0 Å². The number of sulfonamides is 1. The number of guanidine groups is 1. The Balaban J connectivity index is 2.38. The summed E-state index contributed by atoms with van der Waals surface area (Å²) in [5, 5.41) is 12.0. The maximum absolute atomic E-state index is 11.8. The number of pyridine rings is 1. The van der Waals surface area contributed by atoms with Crippen LogP contribution >= 0.6 is 0 Å². The molecule has 8 nitrogen and oxygen atoms in total. The smallest absolute Gasteiger partial charge is 0.303 e. The van der Waals surface area contributed by atoms with Gasteiger partial charge in [-0.25, -0.2) is 13.4 Å². The normalized spacial score (nSPS) is 13.0. The van der Waals surface area contributed by atoms with E-state index in [1.54, 1.807) is 12.4 Å². The summed E-state index contributed by atoms with van der Waals surface area (Å²) in [6.45, 7) is 5.61. The molecule has 172 valence electrons. The fourth-order valence-corrected chi connectivity index (χ4v) is 3.36. The van der Waals surface area contributed by atoms with Gasteiger partial charge in [-0.3, -0.25) is 14.5 Å². The SMILES string of the molecule is CC(C)(C)N=C(Nc1cccc(/C(=C\CCCC(=O)O)c2cccnc2)c1)NS(C)(=O)=O. The number of benzene rings is 1. The number of carboxylic acids is 1. The highest BCUT2D eigenvalue weighted by atomic mass is 32.2. The van der Waals surface area contributed by atoms with Crippen molar-refractivity contribution in [2.24, 2.45) is 4.99 Å². The molecule has 0 aliphatic rings. The molecule has 0 fully saturated rings. The molecular weight excluding hydrogens is 428 g/mol. The molecule has 9 heteroatoms. The van der Waals surface area contributed by atoms with Gasteiger partial charge in [0, 0.05) is 30.1 Å². The number of hydrogen-bond acceptors (Lipinski definition) is 5. The summed E-state index contributed by atoms with van der Waals surface area (Å²) < 4.78 is 26.0. The predicted octanol–water partition coefficient (Wildman–Crippen LogP) is 3.88. The number of allylic oxidation sites excluding steroid dienone is 1. The number of nitrogens with zero attached hydrogens (tertiary/aromatic N) is 2. The second kappa shape index (κ2) is 10.9. The van der Waals surface area contributed by atoms with Gasteiger partial charge < -0.3 is 10.4 Å². The molecule has 3 N–H and O–H groups in total. The van der Waals surface area contributed by atoms with Crippen molar-refractivity contribution in [2.75, 3.05) is 11.6 Å². The standard InChI is InChI=1S/C23H30N4O4S/c1-23(2,3)26-22(27-32(4,30)31)25-19-11-7-9-17(15-19)20(12-5-6-13-21(28)29)18-10-8-14-24-16-18/h7-12,14-16H,5-6,13H2,1-4H3,(H,28,29)(H2,25,26,27)/b20-12+. The van der Waals surface area contributed by atoms with Crippen LogP contribution in [0.3, 0.4) is 0 Å². The molecule has 0 radical (unpaired) electrons. The van der Waals surface area contributed by atoms with Crippen LogP contribution < -0.4 is 10.0 Å². The summed E-state index contributed by atoms with van der Waals surface area (Å²) in [7, 11) is -3.52. The van der Waals surface area contributed by atoms with Crippen molar-refractivity contribution in [2.45, 2.75) is 45.6 Å². The second-order valence-electron chi connectivity index (χ2n) is 8.36. The quantitative estimate of drug-likeness (QED) is 0.314. The van der Waals surface area contributed by atoms with Crippen LogP contribution in [0.15, 0.2) is 59.9 Å². The van der Waals surface area contributed by atoms with Crippen molar-refractivity contribution in [3.8, 4) is 0 Å². The fraction of sp³-hybridized carbons (Fsp3) is 0.348. The maximum atomic E-state index is 11.8. The van der Waals surface area contributed by atoms with E-state index in [4.69, 9.17) is 5.11 Å². The number of hydrogen-bond donors (Lipinski definition) is 3. The highest BCUT2D eigenvalue weighted by Gasteiger charge is 2.14. The third-order valence-electron chi connectivity index (χ3n) is 4.08. The van der Waals surface area contributed by atoms with Crippen molar-refractivity contribution in [1.29, 1.82) is 0 Å². The number of aliphatic carboxylic acids is 1. The average molecular weight is 459 g/mol. The van der Waals surface area contributed by atoms with E-state index in [1.807, 2.05) is 63.2 Å². The number of rotatable bonds is 8. The van der Waals surface area contributed by atoms with Crippen LogP contribution in [0.25, 0.3) is 5.57 Å². The first-order chi connectivity index (χ1) is 14.9. The molecule has 0 bridgehead atoms. The highest BCUT2D eigenvalue weighted by molar-refractivity contribution is 7.89. The zero-order valence-corrected chi connectivity index (χ0v) is 19.6. The molecule has 0 amide bonds. The van der Waals surface area contributed by atoms with Gasteiger partial charge >= 0.3 is 5.97 Å². The molecular formula is C23H30N4O4S. The lowest BCUT2D eigenvalue weighted by molar-refractivity contribution is -0.137. The van der Waals surface area contributed by atoms with E-state index >= 15 is 0 Å². The number of carboxylic acid groups (broad SMARTS) is 1. The first-order valence-electron chi connectivity index (χ1n) is 10.2. The topological polar surface area (TPSA) is 121 Å². The Kier molecular flexibility index (Phi) is 8.54. The lowest BCUT2D eigenvalue weighted by Gasteiger charge is -2.18. The monoisotopic (exact) mass is 458 g/mol. The van der Waals surface area contributed by atoms with Crippen LogP contribution in [0.1, 0.15) is 51.2 Å². The fourth-order valence-electron chi connectivity index (χ4n) is 2.91. The molecule has 32 heavy (non-hydrogen) atoms. The van der Waals surface area contributed by atoms with E-state index in [1.165, 1.54) is 0 Å². The number of carbonyl (C=O) groups is 1. The number of aliphatic imine (C=N–C) groups is 1. The second-order valence-corrected chi connectivity index (χ2v) is 10.1. The minimum absolute atomic E-state index is 0.0994. The van der Waals surface area contributed by atoms with E-state index in [-0.39, 0.29) is 12.4 Å². The number of anilines is 1. The third-order valence-corrected chi connectivity index (χ3v) is 4.65. The lowest BCUT2D eigenvalue weighted by atomic mass is 9.97. The molecule has 0 saturated heterocycles. The first kappa shape index (κ1) is 25.1. The van der Waals surface area contributed by atoms with Crippen LogP contribution in [-0.4, -0.2) is 42.2 Å². The molecule has 0 spiro atoms. The van der Waals surface area contributed by atoms with Crippen molar-refractivity contribution >= 4 is 33.2 Å². The number of aromatic nitrogens is 1. The van der Waals surface area contributed by atoms with Crippen LogP contribution in [0.4, 0.5) is 5.69 Å². The van der Waals surface area contributed by atoms with Gasteiger partial charge in [-0.05, 0) is 62.9 Å². The van der Waals surface area contributed by atoms with Gasteiger partial charge in [-0.1, -0.05) is 24.3 Å². The van der Waals surface area contributed by atoms with Gasteiger partial charge in [0.2, 0.25) is 16.0 Å². The number of nitrogens with one attached hydrogen (secondary N) is 2. The van der Waals surface area contributed by atoms with Crippen LogP contribution in [0, 0.1) is 0 Å². The summed E-state index contributed by atoms with van der Waals surface area (Å²) in [6.07, 6.45) is 7.73. The number of unbranched alkanes of at least 4 members (excludes halogenated alkanes) is 1. The van der Waals surface area contributed by atoms with Gasteiger partial charge in [0.1, 0.15) is 0 Å². The van der Waals surface area contributed by atoms with E-state index in [2.05, 4.69) is 20.0 Å². The molecule has 0 aliphatic heterocycles. The summed E-state index contributed by atoms with van der Waals surface area (Å²) >= 11 is 0.